The molecule has 0 radical (unpaired) electrons. The van der Waals surface area contributed by atoms with Crippen LogP contribution in [0.4, 0.5) is 0 Å². The van der Waals surface area contributed by atoms with Crippen molar-refractivity contribution >= 4 is 12.6 Å². The van der Waals surface area contributed by atoms with Gasteiger partial charge in [0.15, 0.2) is 0 Å². The minimum atomic E-state index is 0.397. The summed E-state index contributed by atoms with van der Waals surface area (Å²) in [6.07, 6.45) is 8.50. The van der Waals surface area contributed by atoms with E-state index in [0.29, 0.717) is 10.3 Å². The molecule has 4 bridgehead atoms. The van der Waals surface area contributed by atoms with Crippen LogP contribution in [0.25, 0.3) is 0 Å². The second-order valence-electron chi connectivity index (χ2n) is 6.30. The molecular formula is C12H21NS. The zero-order valence-corrected chi connectivity index (χ0v) is 10.2. The first kappa shape index (κ1) is 9.53. The van der Waals surface area contributed by atoms with Gasteiger partial charge in [0.2, 0.25) is 0 Å². The molecule has 0 aromatic heterocycles. The Labute approximate surface area is 92.7 Å². The first-order chi connectivity index (χ1) is 6.51. The number of thiol groups is 1. The van der Waals surface area contributed by atoms with Crippen molar-refractivity contribution in [1.29, 1.82) is 0 Å². The molecule has 0 aliphatic heterocycles. The zero-order valence-electron chi connectivity index (χ0n) is 9.29. The Morgan fingerprint density at radius 2 is 1.64 bits per heavy atom. The molecule has 80 valence electrons. The van der Waals surface area contributed by atoms with E-state index in [1.807, 2.05) is 0 Å². The molecule has 4 rings (SSSR count). The number of rotatable bonds is 1. The Kier molecular flexibility index (Phi) is 1.84. The summed E-state index contributed by atoms with van der Waals surface area (Å²) in [4.78, 5) is 2.50. The van der Waals surface area contributed by atoms with Crippen LogP contribution in [0.1, 0.15) is 38.5 Å². The third-order valence-electron chi connectivity index (χ3n) is 4.95. The molecule has 2 atom stereocenters. The van der Waals surface area contributed by atoms with Crippen molar-refractivity contribution in [3.8, 4) is 0 Å². The molecule has 4 aliphatic carbocycles. The fraction of sp³-hybridized carbons (Fsp3) is 1.00. The SMILES string of the molecule is CN(C)C12C[C@@H]3C[C@H](CC(S)(C3)C1)C2. The van der Waals surface area contributed by atoms with Crippen LogP contribution in [0.2, 0.25) is 0 Å². The molecule has 0 N–H and O–H groups in total. The highest BCUT2D eigenvalue weighted by Crippen LogP contribution is 2.61. The summed E-state index contributed by atoms with van der Waals surface area (Å²) < 4.78 is 0.397. The fourth-order valence-corrected chi connectivity index (χ4v) is 5.50. The van der Waals surface area contributed by atoms with Gasteiger partial charge in [-0.15, -0.1) is 0 Å². The summed E-state index contributed by atoms with van der Waals surface area (Å²) in [5.74, 6) is 1.97. The third kappa shape index (κ3) is 1.19. The Morgan fingerprint density at radius 3 is 2.07 bits per heavy atom. The summed E-state index contributed by atoms with van der Waals surface area (Å²) in [6.45, 7) is 0. The van der Waals surface area contributed by atoms with E-state index in [0.717, 1.165) is 11.8 Å². The van der Waals surface area contributed by atoms with E-state index in [4.69, 9.17) is 12.6 Å². The zero-order chi connectivity index (χ0) is 9.97. The average Bonchev–Trinajstić information content (AvgIpc) is 1.98. The van der Waals surface area contributed by atoms with E-state index < -0.39 is 0 Å². The second kappa shape index (κ2) is 2.70. The van der Waals surface area contributed by atoms with Gasteiger partial charge in [-0.1, -0.05) is 0 Å². The van der Waals surface area contributed by atoms with Gasteiger partial charge in [0.1, 0.15) is 0 Å². The highest BCUT2D eigenvalue weighted by atomic mass is 32.1. The van der Waals surface area contributed by atoms with Gasteiger partial charge in [-0.3, -0.25) is 0 Å². The van der Waals surface area contributed by atoms with Crippen molar-refractivity contribution in [2.75, 3.05) is 14.1 Å². The molecule has 0 unspecified atom stereocenters. The molecule has 0 saturated heterocycles. The number of hydrogen-bond acceptors (Lipinski definition) is 2. The minimum absolute atomic E-state index is 0.397. The van der Waals surface area contributed by atoms with Gasteiger partial charge < -0.3 is 4.90 Å². The van der Waals surface area contributed by atoms with Gasteiger partial charge >= 0.3 is 0 Å². The molecule has 0 heterocycles. The van der Waals surface area contributed by atoms with Gasteiger partial charge in [0.05, 0.1) is 0 Å². The van der Waals surface area contributed by atoms with Crippen LogP contribution in [0.5, 0.6) is 0 Å². The smallest absolute Gasteiger partial charge is 0.0221 e. The van der Waals surface area contributed by atoms with Crippen molar-refractivity contribution in [3.63, 3.8) is 0 Å². The van der Waals surface area contributed by atoms with Crippen LogP contribution >= 0.6 is 12.6 Å². The number of hydrogen-bond donors (Lipinski definition) is 1. The molecule has 0 aromatic rings. The maximum atomic E-state index is 4.97. The lowest BCUT2D eigenvalue weighted by atomic mass is 9.52. The monoisotopic (exact) mass is 211 g/mol. The van der Waals surface area contributed by atoms with Gasteiger partial charge in [-0.25, -0.2) is 0 Å². The van der Waals surface area contributed by atoms with Gasteiger partial charge in [0, 0.05) is 10.3 Å². The molecule has 14 heavy (non-hydrogen) atoms. The van der Waals surface area contributed by atoms with Crippen LogP contribution < -0.4 is 0 Å². The predicted molar refractivity (Wildman–Crippen MR) is 62.8 cm³/mol. The molecule has 4 fully saturated rings. The van der Waals surface area contributed by atoms with E-state index in [1.165, 1.54) is 38.5 Å². The van der Waals surface area contributed by atoms with Crippen LogP contribution in [-0.4, -0.2) is 29.3 Å². The lowest BCUT2D eigenvalue weighted by Crippen LogP contribution is -2.62. The van der Waals surface area contributed by atoms with E-state index in [9.17, 15) is 0 Å². The fourth-order valence-electron chi connectivity index (χ4n) is 4.69. The molecule has 4 aliphatic rings. The van der Waals surface area contributed by atoms with Crippen molar-refractivity contribution in [3.05, 3.63) is 0 Å². The van der Waals surface area contributed by atoms with Crippen LogP contribution in [0.3, 0.4) is 0 Å². The highest BCUT2D eigenvalue weighted by molar-refractivity contribution is 7.81. The van der Waals surface area contributed by atoms with E-state index in [1.54, 1.807) is 0 Å². The van der Waals surface area contributed by atoms with Crippen LogP contribution in [0, 0.1) is 11.8 Å². The highest BCUT2D eigenvalue weighted by Gasteiger charge is 2.57. The van der Waals surface area contributed by atoms with Crippen molar-refractivity contribution in [2.45, 2.75) is 48.8 Å². The molecule has 0 aromatic carbocycles. The van der Waals surface area contributed by atoms with E-state index in [-0.39, 0.29) is 0 Å². The second-order valence-corrected chi connectivity index (χ2v) is 7.25. The van der Waals surface area contributed by atoms with Crippen molar-refractivity contribution in [1.82, 2.24) is 4.90 Å². The summed E-state index contributed by atoms with van der Waals surface area (Å²) >= 11 is 4.97. The van der Waals surface area contributed by atoms with E-state index in [2.05, 4.69) is 19.0 Å². The number of nitrogens with zero attached hydrogens (tertiary/aromatic N) is 1. The molecular weight excluding hydrogens is 190 g/mol. The molecule has 1 nitrogen and oxygen atoms in total. The molecule has 0 amide bonds. The third-order valence-corrected chi connectivity index (χ3v) is 5.47. The van der Waals surface area contributed by atoms with Crippen LogP contribution in [0.15, 0.2) is 0 Å². The van der Waals surface area contributed by atoms with Crippen LogP contribution in [-0.2, 0) is 0 Å². The molecule has 2 heteroatoms. The predicted octanol–water partition coefficient (Wildman–Crippen LogP) is 2.57. The Bertz CT molecular complexity index is 247. The normalized spacial score (nSPS) is 55.7. The maximum Gasteiger partial charge on any atom is 0.0221 e. The van der Waals surface area contributed by atoms with Crippen molar-refractivity contribution in [2.24, 2.45) is 11.8 Å². The summed E-state index contributed by atoms with van der Waals surface area (Å²) in [5.41, 5.74) is 0.520. The largest absolute Gasteiger partial charge is 0.304 e. The first-order valence-corrected chi connectivity index (χ1v) is 6.36. The molecule has 0 spiro atoms. The topological polar surface area (TPSA) is 3.24 Å². The summed E-state index contributed by atoms with van der Waals surface area (Å²) in [7, 11) is 4.54. The minimum Gasteiger partial charge on any atom is -0.304 e. The quantitative estimate of drug-likeness (QED) is 0.652. The average molecular weight is 211 g/mol. The standard InChI is InChI=1S/C12H21NS/c1-13(2)11-4-9-3-10(5-11)7-12(14,6-9)8-11/h9-10,14H,3-8H2,1-2H3/t9-,10-,11?,12?/m0/s1. The van der Waals surface area contributed by atoms with Gasteiger partial charge in [-0.2, -0.15) is 12.6 Å². The van der Waals surface area contributed by atoms with E-state index >= 15 is 0 Å². The Balaban J connectivity index is 1.96. The first-order valence-electron chi connectivity index (χ1n) is 5.91. The molecule has 4 saturated carbocycles. The Morgan fingerprint density at radius 1 is 1.07 bits per heavy atom. The van der Waals surface area contributed by atoms with Gasteiger partial charge in [0.25, 0.3) is 0 Å². The lowest BCUT2D eigenvalue weighted by Gasteiger charge is -2.62. The summed E-state index contributed by atoms with van der Waals surface area (Å²) in [5, 5.41) is 0. The maximum absolute atomic E-state index is 4.97. The summed E-state index contributed by atoms with van der Waals surface area (Å²) in [6, 6.07) is 0. The lowest BCUT2D eigenvalue weighted by molar-refractivity contribution is -0.0563. The van der Waals surface area contributed by atoms with Gasteiger partial charge in [-0.05, 0) is 64.5 Å². The van der Waals surface area contributed by atoms with Crippen molar-refractivity contribution < 1.29 is 0 Å². The Hall–Kier alpha value is 0.310.